The van der Waals surface area contributed by atoms with Gasteiger partial charge in [-0.25, -0.2) is 4.99 Å². The normalized spacial score (nSPS) is 14.1. The highest BCUT2D eigenvalue weighted by Crippen LogP contribution is 2.14. The van der Waals surface area contributed by atoms with E-state index in [-0.39, 0.29) is 5.56 Å². The summed E-state index contributed by atoms with van der Waals surface area (Å²) in [6.07, 6.45) is 1.90. The molecule has 6 heteroatoms. The van der Waals surface area contributed by atoms with E-state index in [1.807, 2.05) is 60.7 Å². The molecule has 3 aromatic rings. The molecular weight excluding hydrogens is 334 g/mol. The molecule has 2 aromatic carbocycles. The van der Waals surface area contributed by atoms with Crippen molar-refractivity contribution in [1.29, 1.82) is 0 Å². The van der Waals surface area contributed by atoms with Crippen LogP contribution in [0.4, 0.5) is 5.69 Å². The predicted octanol–water partition coefficient (Wildman–Crippen LogP) is 1.80. The van der Waals surface area contributed by atoms with Gasteiger partial charge >= 0.3 is 0 Å². The van der Waals surface area contributed by atoms with Crippen molar-refractivity contribution < 1.29 is 4.74 Å². The Morgan fingerprint density at radius 1 is 1.12 bits per heavy atom. The molecule has 0 unspecified atom stereocenters. The Balaban J connectivity index is 1.69. The van der Waals surface area contributed by atoms with Crippen LogP contribution in [-0.2, 0) is 6.67 Å². The molecule has 0 bridgehead atoms. The van der Waals surface area contributed by atoms with Gasteiger partial charge in [0.15, 0.2) is 4.80 Å². The minimum Gasteiger partial charge on any atom is -0.497 e. The average molecular weight is 351 g/mol. The summed E-state index contributed by atoms with van der Waals surface area (Å²) >= 11 is 1.43. The summed E-state index contributed by atoms with van der Waals surface area (Å²) in [5.41, 5.74) is 2.04. The van der Waals surface area contributed by atoms with Crippen LogP contribution in [0.25, 0.3) is 6.08 Å². The summed E-state index contributed by atoms with van der Waals surface area (Å²) in [6.45, 7) is 1.08. The molecule has 1 aliphatic heterocycles. The molecule has 0 saturated heterocycles. The molecule has 0 spiro atoms. The molecule has 126 valence electrons. The zero-order valence-electron chi connectivity index (χ0n) is 13.8. The first-order valence-electron chi connectivity index (χ1n) is 7.94. The van der Waals surface area contributed by atoms with Gasteiger partial charge in [0.25, 0.3) is 5.56 Å². The van der Waals surface area contributed by atoms with Gasteiger partial charge in [-0.05, 0) is 35.9 Å². The van der Waals surface area contributed by atoms with Crippen LogP contribution in [0.5, 0.6) is 5.75 Å². The molecule has 0 aliphatic carbocycles. The van der Waals surface area contributed by atoms with Gasteiger partial charge in [-0.3, -0.25) is 9.36 Å². The number of anilines is 1. The minimum absolute atomic E-state index is 0.000184. The van der Waals surface area contributed by atoms with E-state index in [0.717, 1.165) is 21.8 Å². The molecule has 0 fully saturated rings. The fourth-order valence-electron chi connectivity index (χ4n) is 2.77. The average Bonchev–Trinajstić information content (AvgIpc) is 2.98. The van der Waals surface area contributed by atoms with Gasteiger partial charge in [0.1, 0.15) is 19.1 Å². The first-order chi connectivity index (χ1) is 12.2. The molecule has 1 aliphatic rings. The van der Waals surface area contributed by atoms with Crippen molar-refractivity contribution in [3.63, 3.8) is 0 Å². The summed E-state index contributed by atoms with van der Waals surface area (Å²) < 4.78 is 7.59. The van der Waals surface area contributed by atoms with Crippen LogP contribution in [0.15, 0.2) is 64.4 Å². The van der Waals surface area contributed by atoms with E-state index in [1.165, 1.54) is 11.3 Å². The Morgan fingerprint density at radius 3 is 2.60 bits per heavy atom. The number of methoxy groups -OCH3 is 1. The molecule has 0 saturated carbocycles. The number of rotatable bonds is 3. The maximum absolute atomic E-state index is 12.7. The highest BCUT2D eigenvalue weighted by Gasteiger charge is 2.15. The fourth-order valence-corrected chi connectivity index (χ4v) is 3.73. The van der Waals surface area contributed by atoms with Crippen LogP contribution in [0, 0.1) is 0 Å². The third-order valence-electron chi connectivity index (χ3n) is 4.11. The second-order valence-corrected chi connectivity index (χ2v) is 6.73. The van der Waals surface area contributed by atoms with E-state index >= 15 is 0 Å². The van der Waals surface area contributed by atoms with E-state index in [4.69, 9.17) is 4.74 Å². The summed E-state index contributed by atoms with van der Waals surface area (Å²) in [5, 5.41) is 0. The quantitative estimate of drug-likeness (QED) is 0.723. The second-order valence-electron chi connectivity index (χ2n) is 5.72. The van der Waals surface area contributed by atoms with Crippen LogP contribution >= 0.6 is 11.3 Å². The van der Waals surface area contributed by atoms with Crippen molar-refractivity contribution in [2.75, 3.05) is 18.7 Å². The van der Waals surface area contributed by atoms with Crippen molar-refractivity contribution in [2.24, 2.45) is 4.99 Å². The van der Waals surface area contributed by atoms with Crippen LogP contribution in [-0.4, -0.2) is 18.3 Å². The van der Waals surface area contributed by atoms with Gasteiger partial charge < -0.3 is 9.64 Å². The van der Waals surface area contributed by atoms with E-state index in [1.54, 1.807) is 11.7 Å². The third kappa shape index (κ3) is 3.08. The lowest BCUT2D eigenvalue weighted by molar-refractivity contribution is 0.415. The second kappa shape index (κ2) is 6.57. The Hall–Kier alpha value is -2.86. The predicted molar refractivity (Wildman–Crippen MR) is 99.7 cm³/mol. The lowest BCUT2D eigenvalue weighted by atomic mass is 10.2. The highest BCUT2D eigenvalue weighted by molar-refractivity contribution is 7.07. The molecule has 0 N–H and O–H groups in total. The molecular formula is C19H17N3O2S. The van der Waals surface area contributed by atoms with Crippen LogP contribution in [0.2, 0.25) is 0 Å². The van der Waals surface area contributed by atoms with Crippen molar-refractivity contribution in [1.82, 2.24) is 4.57 Å². The molecule has 1 aromatic heterocycles. The van der Waals surface area contributed by atoms with Crippen LogP contribution < -0.4 is 24.5 Å². The number of thiazole rings is 1. The lowest BCUT2D eigenvalue weighted by Gasteiger charge is -2.25. The minimum atomic E-state index is 0.000184. The van der Waals surface area contributed by atoms with Crippen molar-refractivity contribution >= 4 is 23.1 Å². The van der Waals surface area contributed by atoms with Gasteiger partial charge in [-0.2, -0.15) is 0 Å². The van der Waals surface area contributed by atoms with Crippen molar-refractivity contribution in [2.45, 2.75) is 6.67 Å². The Labute approximate surface area is 148 Å². The highest BCUT2D eigenvalue weighted by atomic mass is 32.1. The standard InChI is InChI=1S/C19H17N3O2S/c1-24-16-9-7-14(8-10-16)11-17-18(23)22-13-21(12-20-19(22)25-17)15-5-3-2-4-6-15/h2-11H,12-13H2,1H3/b17-11+. The van der Waals surface area contributed by atoms with E-state index in [9.17, 15) is 4.79 Å². The lowest BCUT2D eigenvalue weighted by Crippen LogP contribution is -2.42. The largest absolute Gasteiger partial charge is 0.497 e. The maximum Gasteiger partial charge on any atom is 0.271 e. The Kier molecular flexibility index (Phi) is 4.11. The van der Waals surface area contributed by atoms with Gasteiger partial charge in [0.2, 0.25) is 0 Å². The number of ether oxygens (including phenoxy) is 1. The summed E-state index contributed by atoms with van der Waals surface area (Å²) in [6, 6.07) is 17.7. The van der Waals surface area contributed by atoms with Gasteiger partial charge in [-0.1, -0.05) is 41.7 Å². The third-order valence-corrected chi connectivity index (χ3v) is 5.16. The number of hydrogen-bond acceptors (Lipinski definition) is 5. The first kappa shape index (κ1) is 15.7. The Bertz CT molecular complexity index is 1050. The van der Waals surface area contributed by atoms with Crippen molar-refractivity contribution in [3.8, 4) is 5.75 Å². The summed E-state index contributed by atoms with van der Waals surface area (Å²) in [4.78, 5) is 20.2. The van der Waals surface area contributed by atoms with Crippen LogP contribution in [0.1, 0.15) is 5.56 Å². The SMILES string of the molecule is COc1ccc(/C=c2/sc3n(c2=O)CN(c2ccccc2)CN=3)cc1. The Morgan fingerprint density at radius 2 is 1.88 bits per heavy atom. The molecule has 2 heterocycles. The number of nitrogens with zero attached hydrogens (tertiary/aromatic N) is 3. The topological polar surface area (TPSA) is 46.8 Å². The summed E-state index contributed by atoms with van der Waals surface area (Å²) in [7, 11) is 1.64. The smallest absolute Gasteiger partial charge is 0.271 e. The molecule has 4 rings (SSSR count). The molecule has 25 heavy (non-hydrogen) atoms. The molecule has 0 atom stereocenters. The fraction of sp³-hybridized carbons (Fsp3) is 0.158. The number of aromatic nitrogens is 1. The molecule has 5 nitrogen and oxygen atoms in total. The van der Waals surface area contributed by atoms with Crippen LogP contribution in [0.3, 0.4) is 0 Å². The number of benzene rings is 2. The van der Waals surface area contributed by atoms with Gasteiger partial charge in [0.05, 0.1) is 11.6 Å². The van der Waals surface area contributed by atoms with E-state index < -0.39 is 0 Å². The maximum atomic E-state index is 12.7. The van der Waals surface area contributed by atoms with Gasteiger partial charge in [0, 0.05) is 5.69 Å². The molecule has 0 amide bonds. The van der Waals surface area contributed by atoms with Gasteiger partial charge in [-0.15, -0.1) is 0 Å². The molecule has 0 radical (unpaired) electrons. The van der Waals surface area contributed by atoms with Crippen molar-refractivity contribution in [3.05, 3.63) is 79.8 Å². The number of para-hydroxylation sites is 1. The van der Waals surface area contributed by atoms with E-state index in [0.29, 0.717) is 17.9 Å². The zero-order chi connectivity index (χ0) is 17.2. The summed E-state index contributed by atoms with van der Waals surface area (Å²) in [5.74, 6) is 0.799. The zero-order valence-corrected chi connectivity index (χ0v) is 14.6. The number of fused-ring (bicyclic) bond motifs is 1. The monoisotopic (exact) mass is 351 g/mol. The first-order valence-corrected chi connectivity index (χ1v) is 8.76. The van der Waals surface area contributed by atoms with E-state index in [2.05, 4.69) is 9.89 Å². The number of hydrogen-bond donors (Lipinski definition) is 0.